The predicted octanol–water partition coefficient (Wildman–Crippen LogP) is 1.93. The summed E-state index contributed by atoms with van der Waals surface area (Å²) >= 11 is 0. The maximum atomic E-state index is 11.4. The molecule has 108 valence electrons. The second-order valence-corrected chi connectivity index (χ2v) is 4.88. The Morgan fingerprint density at radius 1 is 1.52 bits per heavy atom. The molecule has 0 saturated carbocycles. The third kappa shape index (κ3) is 2.87. The number of nitriles is 1. The number of carbonyl (C=O) groups is 1. The largest absolute Gasteiger partial charge is 0.477 e. The molecule has 6 heteroatoms. The Bertz CT molecular complexity index is 728. The summed E-state index contributed by atoms with van der Waals surface area (Å²) in [6, 6.07) is 9.34. The van der Waals surface area contributed by atoms with Gasteiger partial charge in [-0.15, -0.1) is 0 Å². The van der Waals surface area contributed by atoms with Crippen LogP contribution in [0.4, 0.5) is 5.82 Å². The predicted molar refractivity (Wildman–Crippen MR) is 78.2 cm³/mol. The Morgan fingerprint density at radius 3 is 2.86 bits per heavy atom. The molecular formula is C15H16N4O2. The van der Waals surface area contributed by atoms with Crippen LogP contribution < -0.4 is 4.90 Å². The van der Waals surface area contributed by atoms with Crippen LogP contribution in [-0.2, 0) is 13.6 Å². The van der Waals surface area contributed by atoms with Gasteiger partial charge in [0.15, 0.2) is 0 Å². The molecule has 0 amide bonds. The van der Waals surface area contributed by atoms with E-state index in [0.29, 0.717) is 23.6 Å². The van der Waals surface area contributed by atoms with Crippen LogP contribution in [0.1, 0.15) is 27.2 Å². The number of aryl methyl sites for hydroxylation is 2. The number of aromatic nitrogens is 2. The Kier molecular flexibility index (Phi) is 3.94. The van der Waals surface area contributed by atoms with Crippen LogP contribution >= 0.6 is 0 Å². The number of benzene rings is 1. The first-order valence-corrected chi connectivity index (χ1v) is 6.41. The Balaban J connectivity index is 2.35. The van der Waals surface area contributed by atoms with Crippen molar-refractivity contribution < 1.29 is 9.90 Å². The fourth-order valence-electron chi connectivity index (χ4n) is 2.42. The first kappa shape index (κ1) is 14.6. The molecule has 6 nitrogen and oxygen atoms in total. The molecule has 21 heavy (non-hydrogen) atoms. The van der Waals surface area contributed by atoms with Crippen LogP contribution in [0, 0.1) is 18.3 Å². The molecule has 0 saturated heterocycles. The molecule has 0 aliphatic carbocycles. The van der Waals surface area contributed by atoms with Gasteiger partial charge in [0.25, 0.3) is 0 Å². The Hall–Kier alpha value is -2.81. The molecular weight excluding hydrogens is 268 g/mol. The van der Waals surface area contributed by atoms with Crippen LogP contribution in [0.5, 0.6) is 0 Å². The molecule has 0 fully saturated rings. The van der Waals surface area contributed by atoms with E-state index in [4.69, 9.17) is 5.26 Å². The van der Waals surface area contributed by atoms with E-state index in [1.165, 1.54) is 0 Å². The summed E-state index contributed by atoms with van der Waals surface area (Å²) in [4.78, 5) is 13.2. The molecule has 1 aromatic heterocycles. The molecule has 0 radical (unpaired) electrons. The van der Waals surface area contributed by atoms with Crippen molar-refractivity contribution >= 4 is 11.8 Å². The van der Waals surface area contributed by atoms with Crippen molar-refractivity contribution in [2.75, 3.05) is 11.9 Å². The Morgan fingerprint density at radius 2 is 2.24 bits per heavy atom. The summed E-state index contributed by atoms with van der Waals surface area (Å²) in [5.41, 5.74) is 2.21. The molecule has 0 atom stereocenters. The highest BCUT2D eigenvalue weighted by Gasteiger charge is 2.22. The van der Waals surface area contributed by atoms with Gasteiger partial charge in [-0.05, 0) is 24.6 Å². The van der Waals surface area contributed by atoms with Gasteiger partial charge in [0.2, 0.25) is 0 Å². The monoisotopic (exact) mass is 284 g/mol. The molecule has 0 aliphatic heterocycles. The lowest BCUT2D eigenvalue weighted by Gasteiger charge is -2.20. The second-order valence-electron chi connectivity index (χ2n) is 4.88. The fraction of sp³-hybridized carbons (Fsp3) is 0.267. The number of carboxylic acids is 1. The minimum Gasteiger partial charge on any atom is -0.477 e. The van der Waals surface area contributed by atoms with Crippen molar-refractivity contribution in [3.05, 3.63) is 46.6 Å². The smallest absolute Gasteiger partial charge is 0.341 e. The van der Waals surface area contributed by atoms with E-state index in [-0.39, 0.29) is 5.56 Å². The molecule has 2 aromatic rings. The molecule has 1 N–H and O–H groups in total. The van der Waals surface area contributed by atoms with Crippen molar-refractivity contribution in [3.63, 3.8) is 0 Å². The molecule has 2 rings (SSSR count). The van der Waals surface area contributed by atoms with Gasteiger partial charge < -0.3 is 10.0 Å². The van der Waals surface area contributed by atoms with Crippen LogP contribution in [0.3, 0.4) is 0 Å². The van der Waals surface area contributed by atoms with Crippen molar-refractivity contribution in [3.8, 4) is 6.07 Å². The summed E-state index contributed by atoms with van der Waals surface area (Å²) in [5.74, 6) is -0.449. The number of rotatable bonds is 4. The van der Waals surface area contributed by atoms with Gasteiger partial charge in [0, 0.05) is 20.6 Å². The summed E-state index contributed by atoms with van der Waals surface area (Å²) in [6.45, 7) is 2.17. The van der Waals surface area contributed by atoms with E-state index in [1.807, 2.05) is 24.1 Å². The highest BCUT2D eigenvalue weighted by molar-refractivity contribution is 5.94. The van der Waals surface area contributed by atoms with Crippen molar-refractivity contribution in [1.82, 2.24) is 9.78 Å². The topological polar surface area (TPSA) is 82.2 Å². The van der Waals surface area contributed by atoms with Gasteiger partial charge in [0.05, 0.1) is 17.3 Å². The zero-order chi connectivity index (χ0) is 15.6. The number of nitrogens with zero attached hydrogens (tertiary/aromatic N) is 4. The van der Waals surface area contributed by atoms with E-state index in [9.17, 15) is 9.90 Å². The van der Waals surface area contributed by atoms with Crippen LogP contribution in [0.25, 0.3) is 0 Å². The SMILES string of the molecule is Cc1nn(C)c(N(C)Cc2cccc(C#N)c2)c1C(=O)O. The summed E-state index contributed by atoms with van der Waals surface area (Å²) < 4.78 is 1.56. The quantitative estimate of drug-likeness (QED) is 0.927. The molecule has 0 unspecified atom stereocenters. The standard InChI is InChI=1S/C15H16N4O2/c1-10-13(15(20)21)14(19(3)17-10)18(2)9-12-6-4-5-11(7-12)8-16/h4-7H,9H2,1-3H3,(H,20,21). The zero-order valence-corrected chi connectivity index (χ0v) is 12.2. The van der Waals surface area contributed by atoms with E-state index >= 15 is 0 Å². The summed E-state index contributed by atoms with van der Waals surface area (Å²) in [6.07, 6.45) is 0. The molecule has 0 bridgehead atoms. The summed E-state index contributed by atoms with van der Waals surface area (Å²) in [7, 11) is 3.53. The average Bonchev–Trinajstić information content (AvgIpc) is 2.73. The third-order valence-electron chi connectivity index (χ3n) is 3.24. The normalized spacial score (nSPS) is 10.2. The van der Waals surface area contributed by atoms with Crippen LogP contribution in [-0.4, -0.2) is 27.9 Å². The summed E-state index contributed by atoms with van der Waals surface area (Å²) in [5, 5.41) is 22.4. The molecule has 1 aromatic carbocycles. The maximum absolute atomic E-state index is 11.4. The lowest BCUT2D eigenvalue weighted by atomic mass is 10.1. The fourth-order valence-corrected chi connectivity index (χ4v) is 2.42. The molecule has 0 aliphatic rings. The lowest BCUT2D eigenvalue weighted by Crippen LogP contribution is -2.21. The van der Waals surface area contributed by atoms with Gasteiger partial charge in [0.1, 0.15) is 11.4 Å². The number of hydrogen-bond donors (Lipinski definition) is 1. The second kappa shape index (κ2) is 5.67. The van der Waals surface area contributed by atoms with Gasteiger partial charge in [-0.3, -0.25) is 4.68 Å². The number of carboxylic acid groups (broad SMARTS) is 1. The van der Waals surface area contributed by atoms with E-state index in [2.05, 4.69) is 11.2 Å². The van der Waals surface area contributed by atoms with Gasteiger partial charge in [-0.25, -0.2) is 4.79 Å². The molecule has 0 spiro atoms. The van der Waals surface area contributed by atoms with Crippen molar-refractivity contribution in [1.29, 1.82) is 5.26 Å². The van der Waals surface area contributed by atoms with E-state index < -0.39 is 5.97 Å². The van der Waals surface area contributed by atoms with Crippen molar-refractivity contribution in [2.45, 2.75) is 13.5 Å². The zero-order valence-electron chi connectivity index (χ0n) is 12.2. The van der Waals surface area contributed by atoms with Gasteiger partial charge >= 0.3 is 5.97 Å². The van der Waals surface area contributed by atoms with E-state index in [0.717, 1.165) is 5.56 Å². The Labute approximate surface area is 122 Å². The van der Waals surface area contributed by atoms with Gasteiger partial charge in [-0.1, -0.05) is 12.1 Å². The third-order valence-corrected chi connectivity index (χ3v) is 3.24. The van der Waals surface area contributed by atoms with Crippen LogP contribution in [0.2, 0.25) is 0 Å². The first-order valence-electron chi connectivity index (χ1n) is 6.41. The number of hydrogen-bond acceptors (Lipinski definition) is 4. The lowest BCUT2D eigenvalue weighted by molar-refractivity contribution is 0.0696. The number of anilines is 1. The average molecular weight is 284 g/mol. The minimum atomic E-state index is -0.992. The van der Waals surface area contributed by atoms with E-state index in [1.54, 1.807) is 30.8 Å². The minimum absolute atomic E-state index is 0.205. The molecule has 1 heterocycles. The highest BCUT2D eigenvalue weighted by atomic mass is 16.4. The highest BCUT2D eigenvalue weighted by Crippen LogP contribution is 2.23. The van der Waals surface area contributed by atoms with Gasteiger partial charge in [-0.2, -0.15) is 10.4 Å². The number of aromatic carboxylic acids is 1. The van der Waals surface area contributed by atoms with Crippen molar-refractivity contribution in [2.24, 2.45) is 7.05 Å². The first-order chi connectivity index (χ1) is 9.93. The maximum Gasteiger partial charge on any atom is 0.341 e. The van der Waals surface area contributed by atoms with Crippen LogP contribution in [0.15, 0.2) is 24.3 Å².